The van der Waals surface area contributed by atoms with Gasteiger partial charge in [0.05, 0.1) is 40.7 Å². The van der Waals surface area contributed by atoms with Crippen LogP contribution < -0.4 is 5.32 Å². The van der Waals surface area contributed by atoms with Gasteiger partial charge in [0.25, 0.3) is 0 Å². The van der Waals surface area contributed by atoms with Gasteiger partial charge in [-0.1, -0.05) is 25.4 Å². The number of nitrogens with zero attached hydrogens (tertiary/aromatic N) is 10. The zero-order chi connectivity index (χ0) is 31.3. The zero-order valence-electron chi connectivity index (χ0n) is 25.4. The Bertz CT molecular complexity index is 2080. The number of nitrogens with one attached hydrogen (secondary N) is 1. The van der Waals surface area contributed by atoms with E-state index >= 15 is 0 Å². The van der Waals surface area contributed by atoms with Crippen LogP contribution >= 0.6 is 11.6 Å². The van der Waals surface area contributed by atoms with Crippen molar-refractivity contribution < 1.29 is 0 Å². The monoisotopic (exact) mass is 617 g/mol. The normalized spacial score (nSPS) is 11.2. The van der Waals surface area contributed by atoms with Crippen LogP contribution in [0.2, 0.25) is 5.15 Å². The molecule has 0 saturated heterocycles. The number of rotatable bonds is 7. The van der Waals surface area contributed by atoms with E-state index in [2.05, 4.69) is 73.3 Å². The Balaban J connectivity index is 0.000000172. The van der Waals surface area contributed by atoms with E-state index < -0.39 is 0 Å². The molecule has 7 heterocycles. The van der Waals surface area contributed by atoms with Gasteiger partial charge in [0.2, 0.25) is 0 Å². The molecule has 0 unspecified atom stereocenters. The minimum absolute atomic E-state index is 0.390. The van der Waals surface area contributed by atoms with E-state index in [-0.39, 0.29) is 0 Å². The minimum atomic E-state index is 0.390. The largest absolute Gasteiger partial charge is 0.323 e. The summed E-state index contributed by atoms with van der Waals surface area (Å²) in [5, 5.41) is 20.5. The molecule has 0 bridgehead atoms. The smallest absolute Gasteiger partial charge is 0.154 e. The van der Waals surface area contributed by atoms with Crippen molar-refractivity contribution in [3.8, 4) is 22.3 Å². The maximum absolute atomic E-state index is 5.89. The van der Waals surface area contributed by atoms with Gasteiger partial charge in [0, 0.05) is 60.1 Å². The van der Waals surface area contributed by atoms with Crippen LogP contribution in [0.3, 0.4) is 0 Å². The van der Waals surface area contributed by atoms with Crippen molar-refractivity contribution in [3.63, 3.8) is 0 Å². The highest BCUT2D eigenvalue weighted by molar-refractivity contribution is 6.29. The van der Waals surface area contributed by atoms with Gasteiger partial charge in [-0.3, -0.25) is 19.3 Å². The fraction of sp³-hybridized carbons (Fsp3) is 0.212. The molecule has 0 spiro atoms. The first kappa shape index (κ1) is 29.8. The van der Waals surface area contributed by atoms with E-state index in [1.165, 1.54) is 0 Å². The lowest BCUT2D eigenvalue weighted by Gasteiger charge is -2.09. The number of pyridine rings is 4. The number of fused-ring (bicyclic) bond motifs is 2. The molecule has 0 aliphatic heterocycles. The summed E-state index contributed by atoms with van der Waals surface area (Å²) in [6, 6.07) is 13.5. The van der Waals surface area contributed by atoms with Crippen LogP contribution in [0.15, 0.2) is 85.8 Å². The highest BCUT2D eigenvalue weighted by atomic mass is 35.5. The Morgan fingerprint density at radius 2 is 1.27 bits per heavy atom. The van der Waals surface area contributed by atoms with Crippen molar-refractivity contribution in [1.82, 2.24) is 49.7 Å². The number of halogens is 1. The van der Waals surface area contributed by atoms with E-state index in [0.29, 0.717) is 22.7 Å². The average Bonchev–Trinajstić information content (AvgIpc) is 3.75. The van der Waals surface area contributed by atoms with Gasteiger partial charge in [-0.05, 0) is 67.8 Å². The first-order valence-corrected chi connectivity index (χ1v) is 15.1. The van der Waals surface area contributed by atoms with Crippen LogP contribution in [-0.2, 0) is 13.1 Å². The van der Waals surface area contributed by atoms with E-state index in [1.807, 2.05) is 82.9 Å². The molecule has 1 N–H and O–H groups in total. The second-order valence-corrected chi connectivity index (χ2v) is 11.1. The SMILES string of the molecule is CCn1cc(-c2cnc3ccc(Cl)nc3c2)cn1.CCn1cc(-c2cnc3ccc(Nc4cc(C(C)C)cnn4)nc3c2)cn1. The lowest BCUT2D eigenvalue weighted by molar-refractivity contribution is 0.660. The van der Waals surface area contributed by atoms with Gasteiger partial charge in [-0.2, -0.15) is 15.3 Å². The summed E-state index contributed by atoms with van der Waals surface area (Å²) in [5.41, 5.74) is 8.48. The summed E-state index contributed by atoms with van der Waals surface area (Å²) in [6.07, 6.45) is 13.2. The molecule has 0 aliphatic carbocycles. The van der Waals surface area contributed by atoms with Crippen LogP contribution in [0.5, 0.6) is 0 Å². The summed E-state index contributed by atoms with van der Waals surface area (Å²) >= 11 is 5.89. The molecule has 0 radical (unpaired) electrons. The summed E-state index contributed by atoms with van der Waals surface area (Å²) in [6.45, 7) is 10.1. The van der Waals surface area contributed by atoms with Gasteiger partial charge in [0.15, 0.2) is 5.82 Å². The predicted octanol–water partition coefficient (Wildman–Crippen LogP) is 7.34. The summed E-state index contributed by atoms with van der Waals surface area (Å²) in [5.74, 6) is 1.78. The third kappa shape index (κ3) is 6.94. The molecule has 226 valence electrons. The molecular weight excluding hydrogens is 586 g/mol. The van der Waals surface area contributed by atoms with Crippen LogP contribution in [-0.4, -0.2) is 49.7 Å². The van der Waals surface area contributed by atoms with Crippen molar-refractivity contribution in [2.45, 2.75) is 46.7 Å². The van der Waals surface area contributed by atoms with Crippen LogP contribution in [0.4, 0.5) is 11.6 Å². The van der Waals surface area contributed by atoms with Crippen molar-refractivity contribution in [2.75, 3.05) is 5.32 Å². The molecule has 0 aliphatic rings. The van der Waals surface area contributed by atoms with Gasteiger partial charge in [0.1, 0.15) is 11.0 Å². The Hall–Kier alpha value is -5.29. The maximum atomic E-state index is 5.89. The fourth-order valence-corrected chi connectivity index (χ4v) is 4.79. The average molecular weight is 618 g/mol. The number of hydrogen-bond donors (Lipinski definition) is 1. The second-order valence-electron chi connectivity index (χ2n) is 10.7. The van der Waals surface area contributed by atoms with Crippen molar-refractivity contribution in [2.24, 2.45) is 0 Å². The Labute approximate surface area is 265 Å². The molecule has 0 fully saturated rings. The highest BCUT2D eigenvalue weighted by Gasteiger charge is 2.08. The lowest BCUT2D eigenvalue weighted by Crippen LogP contribution is -2.00. The van der Waals surface area contributed by atoms with Gasteiger partial charge < -0.3 is 5.32 Å². The predicted molar refractivity (Wildman–Crippen MR) is 177 cm³/mol. The number of anilines is 2. The third-order valence-corrected chi connectivity index (χ3v) is 7.43. The highest BCUT2D eigenvalue weighted by Crippen LogP contribution is 2.25. The van der Waals surface area contributed by atoms with Crippen LogP contribution in [0.1, 0.15) is 39.2 Å². The Morgan fingerprint density at radius 1 is 0.667 bits per heavy atom. The molecule has 12 heteroatoms. The van der Waals surface area contributed by atoms with Crippen molar-refractivity contribution in [3.05, 3.63) is 96.6 Å². The molecule has 0 atom stereocenters. The van der Waals surface area contributed by atoms with Gasteiger partial charge in [-0.15, -0.1) is 5.10 Å². The zero-order valence-corrected chi connectivity index (χ0v) is 26.2. The fourth-order valence-electron chi connectivity index (χ4n) is 4.63. The van der Waals surface area contributed by atoms with E-state index in [4.69, 9.17) is 11.6 Å². The third-order valence-electron chi connectivity index (χ3n) is 7.22. The molecule has 0 amide bonds. The quantitative estimate of drug-likeness (QED) is 0.183. The molecular formula is C33H32ClN11. The minimum Gasteiger partial charge on any atom is -0.323 e. The standard InChI is InChI=1S/C20H21N7.C13H11ClN4/c1-4-27-12-16(11-23-27)15-7-18-17(21-9-15)5-6-19(24-18)25-20-8-14(13(2)3)10-22-26-20;1-2-18-8-10(7-16-18)9-5-12-11(15-6-9)3-4-13(14)17-12/h5-13H,4H2,1-3H3,(H,24,25,26);3-8H,2H2,1H3. The number of aryl methyl sites for hydroxylation is 2. The lowest BCUT2D eigenvalue weighted by atomic mass is 10.1. The Morgan fingerprint density at radius 3 is 1.84 bits per heavy atom. The molecule has 11 nitrogen and oxygen atoms in total. The van der Waals surface area contributed by atoms with Gasteiger partial charge in [-0.25, -0.2) is 9.97 Å². The first-order valence-electron chi connectivity index (χ1n) is 14.7. The molecule has 0 aromatic carbocycles. The molecule has 7 aromatic rings. The summed E-state index contributed by atoms with van der Waals surface area (Å²) in [4.78, 5) is 17.9. The number of aromatic nitrogens is 10. The molecule has 45 heavy (non-hydrogen) atoms. The first-order chi connectivity index (χ1) is 21.9. The summed E-state index contributed by atoms with van der Waals surface area (Å²) < 4.78 is 3.77. The Kier molecular flexibility index (Phi) is 8.70. The topological polar surface area (TPSA) is 125 Å². The molecule has 7 rings (SSSR count). The van der Waals surface area contributed by atoms with Crippen molar-refractivity contribution in [1.29, 1.82) is 0 Å². The van der Waals surface area contributed by atoms with E-state index in [1.54, 1.807) is 12.3 Å². The molecule has 0 saturated carbocycles. The van der Waals surface area contributed by atoms with E-state index in [0.717, 1.165) is 63.0 Å². The summed E-state index contributed by atoms with van der Waals surface area (Å²) in [7, 11) is 0. The second kappa shape index (κ2) is 13.1. The maximum Gasteiger partial charge on any atom is 0.154 e. The van der Waals surface area contributed by atoms with Crippen LogP contribution in [0, 0.1) is 0 Å². The van der Waals surface area contributed by atoms with Crippen molar-refractivity contribution >= 4 is 45.3 Å². The van der Waals surface area contributed by atoms with Gasteiger partial charge >= 0.3 is 0 Å². The molecule has 7 aromatic heterocycles. The number of hydrogen-bond acceptors (Lipinski definition) is 9. The van der Waals surface area contributed by atoms with E-state index in [9.17, 15) is 0 Å². The van der Waals surface area contributed by atoms with Crippen LogP contribution in [0.25, 0.3) is 44.3 Å².